The molecule has 396 valence electrons. The molecule has 2 N–H and O–H groups in total. The third-order valence-electron chi connectivity index (χ3n) is 13.5. The summed E-state index contributed by atoms with van der Waals surface area (Å²) < 4.78 is 21.8. The fraction of sp³-hybridized carbons (Fsp3) is 0.266. The van der Waals surface area contributed by atoms with Crippen LogP contribution < -0.4 is 15.4 Å². The normalized spacial score (nSPS) is 12.9. The van der Waals surface area contributed by atoms with Gasteiger partial charge < -0.3 is 29.6 Å². The molecule has 2 amide bonds. The van der Waals surface area contributed by atoms with Gasteiger partial charge in [-0.05, 0) is 92.9 Å². The molecular formula is C64H66N4O8S. The Kier molecular flexibility index (Phi) is 19.5. The SMILES string of the molecule is COC(=O)CN(Cc1ccc(OC)cc1)Cc1cccc(CNC(=O)C[C@@H](C=CCCSC(c2ccccc2)(c2ccccc2)c2ccccc2)OC(=O)[C@H](NC(=O)OCC2c3ccccc3-c3ccccc32)C(C)C)n1. The number of methoxy groups -OCH3 is 2. The number of hydrogen-bond donors (Lipinski definition) is 2. The minimum Gasteiger partial charge on any atom is -0.497 e. The number of carbonyl (C=O) groups is 4. The maximum absolute atomic E-state index is 14.2. The van der Waals surface area contributed by atoms with Crippen molar-refractivity contribution in [3.05, 3.63) is 239 Å². The number of rotatable bonds is 25. The topological polar surface area (TPSA) is 145 Å². The summed E-state index contributed by atoms with van der Waals surface area (Å²) in [6.07, 6.45) is 2.38. The van der Waals surface area contributed by atoms with E-state index >= 15 is 0 Å². The van der Waals surface area contributed by atoms with E-state index < -0.39 is 29.0 Å². The van der Waals surface area contributed by atoms with Crippen LogP contribution in [0.3, 0.4) is 0 Å². The Morgan fingerprint density at radius 2 is 1.26 bits per heavy atom. The Morgan fingerprint density at radius 3 is 1.83 bits per heavy atom. The van der Waals surface area contributed by atoms with Crippen LogP contribution in [0.1, 0.15) is 77.4 Å². The van der Waals surface area contributed by atoms with Crippen LogP contribution in [0.2, 0.25) is 0 Å². The molecule has 77 heavy (non-hydrogen) atoms. The zero-order chi connectivity index (χ0) is 54.0. The fourth-order valence-electron chi connectivity index (χ4n) is 9.73. The molecule has 0 radical (unpaired) electrons. The average molecular weight is 1050 g/mol. The van der Waals surface area contributed by atoms with Gasteiger partial charge in [0.1, 0.15) is 24.5 Å². The van der Waals surface area contributed by atoms with Crippen molar-refractivity contribution in [3.63, 3.8) is 0 Å². The molecule has 12 nitrogen and oxygen atoms in total. The van der Waals surface area contributed by atoms with Gasteiger partial charge in [0.2, 0.25) is 5.91 Å². The van der Waals surface area contributed by atoms with Crippen LogP contribution in [-0.4, -0.2) is 79.1 Å². The molecule has 0 spiro atoms. The van der Waals surface area contributed by atoms with Crippen molar-refractivity contribution in [3.8, 4) is 16.9 Å². The number of allylic oxidation sites excluding steroid dienone is 1. The van der Waals surface area contributed by atoms with Gasteiger partial charge in [0, 0.05) is 19.0 Å². The molecule has 1 aliphatic rings. The second-order valence-corrected chi connectivity index (χ2v) is 20.5. The Hall–Kier alpha value is -8.00. The van der Waals surface area contributed by atoms with Gasteiger partial charge in [0.25, 0.3) is 0 Å². The van der Waals surface area contributed by atoms with E-state index in [9.17, 15) is 19.2 Å². The van der Waals surface area contributed by atoms with E-state index in [1.807, 2.05) is 134 Å². The van der Waals surface area contributed by atoms with E-state index in [0.717, 1.165) is 50.3 Å². The van der Waals surface area contributed by atoms with Gasteiger partial charge in [-0.2, -0.15) is 0 Å². The highest BCUT2D eigenvalue weighted by atomic mass is 32.2. The largest absolute Gasteiger partial charge is 0.497 e. The number of alkyl carbamates (subject to hydrolysis) is 1. The summed E-state index contributed by atoms with van der Waals surface area (Å²) in [5.74, 6) is -0.568. The first-order valence-electron chi connectivity index (χ1n) is 26.0. The number of carbonyl (C=O) groups excluding carboxylic acids is 4. The van der Waals surface area contributed by atoms with Gasteiger partial charge in [-0.25, -0.2) is 9.59 Å². The lowest BCUT2D eigenvalue weighted by Gasteiger charge is -2.35. The van der Waals surface area contributed by atoms with Gasteiger partial charge in [-0.1, -0.05) is 178 Å². The van der Waals surface area contributed by atoms with Crippen molar-refractivity contribution in [2.75, 3.05) is 33.1 Å². The number of nitrogens with one attached hydrogen (secondary N) is 2. The molecular weight excluding hydrogens is 985 g/mol. The minimum atomic E-state index is -1.07. The van der Waals surface area contributed by atoms with Crippen molar-refractivity contribution in [1.29, 1.82) is 0 Å². The van der Waals surface area contributed by atoms with Crippen LogP contribution in [-0.2, 0) is 53.0 Å². The molecule has 0 saturated carbocycles. The third kappa shape index (κ3) is 14.5. The number of aromatic nitrogens is 1. The standard InChI is InChI=1S/C64H66N4O8S/c1-45(2)61(67-63(72)75-44-58-56-32-16-14-30-54(56)55-31-15-17-33-57(55)58)62(71)76-53(29-18-19-38-77-64(47-21-8-5-9-22-47,48-23-10-6-11-24-48)49-25-12-7-13-26-49)39-59(69)65-40-50-27-20-28-51(66-50)42-68(43-60(70)74-4)41-46-34-36-52(73-3)37-35-46/h5-18,20-37,45,53,58,61H,19,38-44H2,1-4H3,(H,65,69)(H,67,72)/t53-,61-/m1/s1. The molecule has 8 rings (SSSR count). The van der Waals surface area contributed by atoms with Crippen molar-refractivity contribution >= 4 is 35.7 Å². The van der Waals surface area contributed by atoms with Gasteiger partial charge in [0.05, 0.1) is 49.9 Å². The number of benzene rings is 6. The van der Waals surface area contributed by atoms with Crippen LogP contribution in [0, 0.1) is 5.92 Å². The molecule has 0 unspecified atom stereocenters. The number of hydrogen-bond acceptors (Lipinski definition) is 11. The molecule has 0 fully saturated rings. The quantitative estimate of drug-likeness (QED) is 0.0185. The molecule has 13 heteroatoms. The minimum absolute atomic E-state index is 0.0459. The molecule has 1 aromatic heterocycles. The summed E-state index contributed by atoms with van der Waals surface area (Å²) >= 11 is 1.81. The van der Waals surface area contributed by atoms with Gasteiger partial charge in [-0.15, -0.1) is 11.8 Å². The summed E-state index contributed by atoms with van der Waals surface area (Å²) in [7, 11) is 2.97. The molecule has 1 heterocycles. The number of ether oxygens (including phenoxy) is 4. The van der Waals surface area contributed by atoms with E-state index in [1.165, 1.54) is 7.11 Å². The predicted octanol–water partition coefficient (Wildman–Crippen LogP) is 11.4. The Morgan fingerprint density at radius 1 is 0.688 bits per heavy atom. The Labute approximate surface area is 456 Å². The maximum Gasteiger partial charge on any atom is 0.407 e. The zero-order valence-electron chi connectivity index (χ0n) is 44.0. The summed E-state index contributed by atoms with van der Waals surface area (Å²) in [6, 6.07) is 59.7. The third-order valence-corrected chi connectivity index (χ3v) is 15.1. The molecule has 0 saturated heterocycles. The van der Waals surface area contributed by atoms with Crippen molar-refractivity contribution in [1.82, 2.24) is 20.5 Å². The average Bonchev–Trinajstić information content (AvgIpc) is 3.78. The highest BCUT2D eigenvalue weighted by molar-refractivity contribution is 8.00. The maximum atomic E-state index is 14.2. The first-order chi connectivity index (χ1) is 37.5. The van der Waals surface area contributed by atoms with E-state index in [4.69, 9.17) is 23.9 Å². The van der Waals surface area contributed by atoms with E-state index in [-0.39, 0.29) is 49.8 Å². The number of thioether (sulfide) groups is 1. The summed E-state index contributed by atoms with van der Waals surface area (Å²) in [6.45, 7) is 4.66. The summed E-state index contributed by atoms with van der Waals surface area (Å²) in [5.41, 5.74) is 10.1. The van der Waals surface area contributed by atoms with E-state index in [0.29, 0.717) is 36.7 Å². The van der Waals surface area contributed by atoms with Crippen LogP contribution in [0.15, 0.2) is 194 Å². The van der Waals surface area contributed by atoms with E-state index in [2.05, 4.69) is 95.6 Å². The highest BCUT2D eigenvalue weighted by Crippen LogP contribution is 2.49. The molecule has 0 bridgehead atoms. The lowest BCUT2D eigenvalue weighted by atomic mass is 9.84. The van der Waals surface area contributed by atoms with Crippen LogP contribution in [0.4, 0.5) is 4.79 Å². The lowest BCUT2D eigenvalue weighted by Crippen LogP contribution is -2.47. The van der Waals surface area contributed by atoms with Crippen LogP contribution in [0.5, 0.6) is 5.75 Å². The predicted molar refractivity (Wildman–Crippen MR) is 302 cm³/mol. The van der Waals surface area contributed by atoms with Gasteiger partial charge in [0.15, 0.2) is 0 Å². The Bertz CT molecular complexity index is 2940. The number of nitrogens with zero attached hydrogens (tertiary/aromatic N) is 2. The van der Waals surface area contributed by atoms with Crippen molar-refractivity contribution < 1.29 is 38.1 Å². The lowest BCUT2D eigenvalue weighted by molar-refractivity contribution is -0.151. The monoisotopic (exact) mass is 1050 g/mol. The summed E-state index contributed by atoms with van der Waals surface area (Å²) in [4.78, 5) is 60.9. The number of pyridine rings is 1. The molecule has 0 aliphatic heterocycles. The number of esters is 2. The van der Waals surface area contributed by atoms with Crippen molar-refractivity contribution in [2.24, 2.45) is 5.92 Å². The smallest absolute Gasteiger partial charge is 0.407 e. The fourth-order valence-corrected chi connectivity index (χ4v) is 11.2. The number of amides is 2. The van der Waals surface area contributed by atoms with Crippen LogP contribution >= 0.6 is 11.8 Å². The van der Waals surface area contributed by atoms with E-state index in [1.54, 1.807) is 13.2 Å². The Balaban J connectivity index is 0.962. The molecule has 6 aromatic carbocycles. The second-order valence-electron chi connectivity index (χ2n) is 19.2. The van der Waals surface area contributed by atoms with Gasteiger partial charge in [-0.3, -0.25) is 19.5 Å². The van der Waals surface area contributed by atoms with Gasteiger partial charge >= 0.3 is 18.0 Å². The summed E-state index contributed by atoms with van der Waals surface area (Å²) in [5, 5.41) is 5.75. The molecule has 7 aromatic rings. The molecule has 2 atom stereocenters. The first kappa shape index (κ1) is 55.2. The number of fused-ring (bicyclic) bond motifs is 3. The second kappa shape index (κ2) is 27.2. The first-order valence-corrected chi connectivity index (χ1v) is 27.0. The van der Waals surface area contributed by atoms with Crippen LogP contribution in [0.25, 0.3) is 11.1 Å². The molecule has 1 aliphatic carbocycles. The highest BCUT2D eigenvalue weighted by Gasteiger charge is 2.37. The van der Waals surface area contributed by atoms with Crippen molar-refractivity contribution in [2.45, 2.75) is 69.1 Å². The zero-order valence-corrected chi connectivity index (χ0v) is 44.8.